The Hall–Kier alpha value is -0.590. The summed E-state index contributed by atoms with van der Waals surface area (Å²) in [5, 5.41) is 0. The molecular formula is C15H26O. The van der Waals surface area contributed by atoms with E-state index in [1.165, 1.54) is 5.57 Å². The third-order valence-electron chi connectivity index (χ3n) is 4.02. The van der Waals surface area contributed by atoms with Crippen molar-refractivity contribution in [2.24, 2.45) is 17.3 Å². The first-order valence-electron chi connectivity index (χ1n) is 6.54. The summed E-state index contributed by atoms with van der Waals surface area (Å²) >= 11 is 0. The summed E-state index contributed by atoms with van der Waals surface area (Å²) in [6, 6.07) is 0. The van der Waals surface area contributed by atoms with E-state index in [4.69, 9.17) is 0 Å². The van der Waals surface area contributed by atoms with Crippen LogP contribution in [0.2, 0.25) is 0 Å². The maximum Gasteiger partial charge on any atom is 0.136 e. The van der Waals surface area contributed by atoms with E-state index in [2.05, 4.69) is 34.3 Å². The van der Waals surface area contributed by atoms with Crippen molar-refractivity contribution in [3.63, 3.8) is 0 Å². The van der Waals surface area contributed by atoms with Gasteiger partial charge in [-0.1, -0.05) is 39.8 Å². The molecule has 2 atom stereocenters. The molecular weight excluding hydrogens is 196 g/mol. The second kappa shape index (κ2) is 5.16. The average molecular weight is 222 g/mol. The van der Waals surface area contributed by atoms with E-state index in [9.17, 15) is 4.79 Å². The zero-order chi connectivity index (χ0) is 12.3. The van der Waals surface area contributed by atoms with Crippen molar-refractivity contribution >= 4 is 5.78 Å². The summed E-state index contributed by atoms with van der Waals surface area (Å²) in [4.78, 5) is 11.9. The monoisotopic (exact) mass is 222 g/mol. The first-order chi connectivity index (χ1) is 7.34. The molecule has 0 aromatic carbocycles. The lowest BCUT2D eigenvalue weighted by Gasteiger charge is -2.37. The topological polar surface area (TPSA) is 17.1 Å². The zero-order valence-corrected chi connectivity index (χ0v) is 11.3. The van der Waals surface area contributed by atoms with E-state index >= 15 is 0 Å². The Morgan fingerprint density at radius 3 is 2.56 bits per heavy atom. The van der Waals surface area contributed by atoms with Crippen molar-refractivity contribution < 1.29 is 4.79 Å². The van der Waals surface area contributed by atoms with Gasteiger partial charge in [-0.3, -0.25) is 4.79 Å². The van der Waals surface area contributed by atoms with Crippen molar-refractivity contribution in [2.75, 3.05) is 0 Å². The Labute approximate surface area is 100 Å². The molecule has 0 aliphatic heterocycles. The van der Waals surface area contributed by atoms with Crippen LogP contribution in [0.4, 0.5) is 0 Å². The summed E-state index contributed by atoms with van der Waals surface area (Å²) in [6.45, 7) is 13.0. The minimum Gasteiger partial charge on any atom is -0.299 e. The lowest BCUT2D eigenvalue weighted by atomic mass is 9.67. The molecule has 16 heavy (non-hydrogen) atoms. The zero-order valence-electron chi connectivity index (χ0n) is 11.3. The number of carbonyl (C=O) groups excluding carboxylic acids is 1. The van der Waals surface area contributed by atoms with Gasteiger partial charge in [-0.25, -0.2) is 0 Å². The molecule has 1 rings (SSSR count). The minimum absolute atomic E-state index is 0.255. The summed E-state index contributed by atoms with van der Waals surface area (Å²) in [6.07, 6.45) is 4.86. The van der Waals surface area contributed by atoms with Crippen LogP contribution in [-0.4, -0.2) is 5.78 Å². The lowest BCUT2D eigenvalue weighted by Crippen LogP contribution is -2.32. The Kier molecular flexibility index (Phi) is 4.35. The van der Waals surface area contributed by atoms with E-state index in [1.807, 2.05) is 0 Å². The van der Waals surface area contributed by atoms with Gasteiger partial charge in [-0.15, -0.1) is 0 Å². The highest BCUT2D eigenvalue weighted by molar-refractivity contribution is 5.82. The van der Waals surface area contributed by atoms with Crippen LogP contribution in [0.25, 0.3) is 0 Å². The lowest BCUT2D eigenvalue weighted by molar-refractivity contribution is -0.126. The Morgan fingerprint density at radius 1 is 1.44 bits per heavy atom. The first kappa shape index (κ1) is 13.5. The summed E-state index contributed by atoms with van der Waals surface area (Å²) < 4.78 is 0. The molecule has 1 aliphatic carbocycles. The minimum atomic E-state index is 0.255. The Bertz CT molecular complexity index is 270. The van der Waals surface area contributed by atoms with E-state index < -0.39 is 0 Å². The molecule has 0 spiro atoms. The molecule has 1 nitrogen and oxygen atoms in total. The normalized spacial score (nSPS) is 26.9. The van der Waals surface area contributed by atoms with E-state index in [0.717, 1.165) is 32.1 Å². The maximum absolute atomic E-state index is 11.9. The molecule has 0 aromatic heterocycles. The van der Waals surface area contributed by atoms with Crippen LogP contribution in [0, 0.1) is 17.3 Å². The highest BCUT2D eigenvalue weighted by Crippen LogP contribution is 2.40. The van der Waals surface area contributed by atoms with E-state index in [1.54, 1.807) is 0 Å². The number of carbonyl (C=O) groups is 1. The smallest absolute Gasteiger partial charge is 0.136 e. The quantitative estimate of drug-likeness (QED) is 0.648. The van der Waals surface area contributed by atoms with Gasteiger partial charge < -0.3 is 0 Å². The Balaban J connectivity index is 2.62. The molecule has 0 N–H and O–H groups in total. The number of allylic oxidation sites excluding steroid dienone is 1. The van der Waals surface area contributed by atoms with Gasteiger partial charge >= 0.3 is 0 Å². The second-order valence-corrected chi connectivity index (χ2v) is 6.31. The molecule has 0 aromatic rings. The number of rotatable bonds is 3. The van der Waals surface area contributed by atoms with Crippen LogP contribution in [0.5, 0.6) is 0 Å². The van der Waals surface area contributed by atoms with E-state index in [-0.39, 0.29) is 5.92 Å². The van der Waals surface area contributed by atoms with Gasteiger partial charge in [0.1, 0.15) is 5.78 Å². The van der Waals surface area contributed by atoms with Gasteiger partial charge in [0.2, 0.25) is 0 Å². The molecule has 2 unspecified atom stereocenters. The largest absolute Gasteiger partial charge is 0.299 e. The van der Waals surface area contributed by atoms with Crippen molar-refractivity contribution in [1.82, 2.24) is 0 Å². The van der Waals surface area contributed by atoms with Crippen LogP contribution in [-0.2, 0) is 4.79 Å². The van der Waals surface area contributed by atoms with Crippen LogP contribution in [0.1, 0.15) is 59.8 Å². The number of Topliss-reactive ketones (excluding diaryl/α,β-unsaturated/α-hetero) is 1. The van der Waals surface area contributed by atoms with E-state index in [0.29, 0.717) is 17.1 Å². The van der Waals surface area contributed by atoms with Crippen LogP contribution in [0.15, 0.2) is 12.2 Å². The van der Waals surface area contributed by atoms with Crippen molar-refractivity contribution in [1.29, 1.82) is 0 Å². The maximum atomic E-state index is 11.9. The molecule has 0 saturated heterocycles. The highest BCUT2D eigenvalue weighted by Gasteiger charge is 2.34. The SMILES string of the molecule is C=C(CC)CC1CC(C(C)(C)C)CCC1=O. The third-order valence-corrected chi connectivity index (χ3v) is 4.02. The van der Waals surface area contributed by atoms with Crippen molar-refractivity contribution in [2.45, 2.75) is 59.8 Å². The Morgan fingerprint density at radius 2 is 2.06 bits per heavy atom. The highest BCUT2D eigenvalue weighted by atomic mass is 16.1. The van der Waals surface area contributed by atoms with Gasteiger partial charge in [0, 0.05) is 12.3 Å². The molecule has 0 bridgehead atoms. The molecule has 0 amide bonds. The molecule has 92 valence electrons. The van der Waals surface area contributed by atoms with Gasteiger partial charge in [-0.05, 0) is 37.0 Å². The molecule has 1 heteroatoms. The summed E-state index contributed by atoms with van der Waals surface area (Å²) in [5.41, 5.74) is 1.57. The predicted octanol–water partition coefficient (Wildman–Crippen LogP) is 4.37. The number of hydrogen-bond acceptors (Lipinski definition) is 1. The van der Waals surface area contributed by atoms with Crippen LogP contribution >= 0.6 is 0 Å². The van der Waals surface area contributed by atoms with Crippen LogP contribution < -0.4 is 0 Å². The average Bonchev–Trinajstić information content (AvgIpc) is 2.19. The molecule has 1 fully saturated rings. The summed E-state index contributed by atoms with van der Waals surface area (Å²) in [7, 11) is 0. The molecule has 1 saturated carbocycles. The van der Waals surface area contributed by atoms with Gasteiger partial charge in [0.05, 0.1) is 0 Å². The molecule has 1 aliphatic rings. The van der Waals surface area contributed by atoms with Gasteiger partial charge in [-0.2, -0.15) is 0 Å². The van der Waals surface area contributed by atoms with Crippen LogP contribution in [0.3, 0.4) is 0 Å². The van der Waals surface area contributed by atoms with Crippen molar-refractivity contribution in [3.8, 4) is 0 Å². The number of ketones is 1. The standard InChI is InChI=1S/C15H26O/c1-6-11(2)9-12-10-13(15(3,4)5)7-8-14(12)16/h12-13H,2,6-10H2,1,3-5H3. The third kappa shape index (κ3) is 3.47. The predicted molar refractivity (Wildman–Crippen MR) is 69.3 cm³/mol. The second-order valence-electron chi connectivity index (χ2n) is 6.31. The van der Waals surface area contributed by atoms with Crippen molar-refractivity contribution in [3.05, 3.63) is 12.2 Å². The molecule has 0 heterocycles. The van der Waals surface area contributed by atoms with Gasteiger partial charge in [0.15, 0.2) is 0 Å². The molecule has 0 radical (unpaired) electrons. The fourth-order valence-corrected chi connectivity index (χ4v) is 2.59. The fraction of sp³-hybridized carbons (Fsp3) is 0.800. The fourth-order valence-electron chi connectivity index (χ4n) is 2.59. The van der Waals surface area contributed by atoms with Gasteiger partial charge in [0.25, 0.3) is 0 Å². The first-order valence-corrected chi connectivity index (χ1v) is 6.54. The summed E-state index contributed by atoms with van der Waals surface area (Å²) in [5.74, 6) is 1.42. The number of hydrogen-bond donors (Lipinski definition) is 0.